The maximum absolute atomic E-state index is 12.8. The average Bonchev–Trinajstić information content (AvgIpc) is 3.24. The molecular weight excluding hydrogens is 813 g/mol. The summed E-state index contributed by atoms with van der Waals surface area (Å²) in [6, 6.07) is 0. The lowest BCUT2D eigenvalue weighted by Crippen LogP contribution is -2.60. The minimum atomic E-state index is -4.61. The Balaban J connectivity index is 2.46. The molecule has 1 aliphatic heterocycles. The fourth-order valence-electron chi connectivity index (χ4n) is 7.14. The lowest BCUT2D eigenvalue weighted by Gasteiger charge is -2.40. The van der Waals surface area contributed by atoms with E-state index < -0.39 is 71.2 Å². The summed E-state index contributed by atoms with van der Waals surface area (Å²) >= 11 is 0. The third-order valence-corrected chi connectivity index (χ3v) is 11.7. The van der Waals surface area contributed by atoms with Crippen molar-refractivity contribution < 1.29 is 56.8 Å². The van der Waals surface area contributed by atoms with Crippen molar-refractivity contribution in [3.05, 3.63) is 48.6 Å². The van der Waals surface area contributed by atoms with Crippen molar-refractivity contribution >= 4 is 22.1 Å². The van der Waals surface area contributed by atoms with E-state index in [4.69, 9.17) is 18.9 Å². The molecule has 0 aromatic carbocycles. The highest BCUT2D eigenvalue weighted by Crippen LogP contribution is 2.24. The first-order valence-electron chi connectivity index (χ1n) is 24.2. The summed E-state index contributed by atoms with van der Waals surface area (Å²) in [7, 11) is -4.61. The number of unbranched alkanes of at least 4 members (excludes halogenated alkanes) is 20. The molecule has 62 heavy (non-hydrogen) atoms. The van der Waals surface area contributed by atoms with Crippen molar-refractivity contribution in [3.8, 4) is 0 Å². The Bertz CT molecular complexity index is 1330. The predicted molar refractivity (Wildman–Crippen MR) is 247 cm³/mol. The van der Waals surface area contributed by atoms with E-state index in [1.165, 1.54) is 103 Å². The number of hydrogen-bond donors (Lipinski definition) is 4. The van der Waals surface area contributed by atoms with Crippen molar-refractivity contribution in [3.63, 3.8) is 0 Å². The average molecular weight is 899 g/mol. The molecule has 0 amide bonds. The van der Waals surface area contributed by atoms with Crippen LogP contribution < -0.4 is 0 Å². The van der Waals surface area contributed by atoms with Crippen LogP contribution in [0.1, 0.15) is 194 Å². The molecule has 1 saturated heterocycles. The Morgan fingerprint density at radius 1 is 0.548 bits per heavy atom. The Kier molecular flexibility index (Phi) is 36.3. The van der Waals surface area contributed by atoms with E-state index in [1.54, 1.807) is 0 Å². The number of carbonyl (C=O) groups is 2. The molecule has 0 saturated carbocycles. The summed E-state index contributed by atoms with van der Waals surface area (Å²) in [6.07, 6.45) is 37.3. The first-order chi connectivity index (χ1) is 30.0. The van der Waals surface area contributed by atoms with E-state index >= 15 is 0 Å². The molecule has 1 heterocycles. The molecule has 0 aromatic heterocycles. The number of carbonyl (C=O) groups excluding carboxylic acids is 2. The van der Waals surface area contributed by atoms with Crippen molar-refractivity contribution in [2.24, 2.45) is 0 Å². The van der Waals surface area contributed by atoms with E-state index in [0.29, 0.717) is 19.3 Å². The van der Waals surface area contributed by atoms with Gasteiger partial charge in [-0.25, -0.2) is 0 Å². The molecule has 1 fully saturated rings. The molecule has 6 atom stereocenters. The van der Waals surface area contributed by atoms with E-state index in [9.17, 15) is 37.9 Å². The molecule has 2 unspecified atom stereocenters. The third kappa shape index (κ3) is 33.2. The summed E-state index contributed by atoms with van der Waals surface area (Å²) in [4.78, 5) is 25.4. The van der Waals surface area contributed by atoms with Gasteiger partial charge in [0.15, 0.2) is 12.4 Å². The Morgan fingerprint density at radius 3 is 1.48 bits per heavy atom. The number of rotatable bonds is 40. The Hall–Kier alpha value is -2.39. The van der Waals surface area contributed by atoms with Gasteiger partial charge in [0.05, 0.1) is 6.61 Å². The molecular formula is C49H86O12S. The second-order valence-corrected chi connectivity index (χ2v) is 18.3. The fraction of sp³-hybridized carbons (Fsp3) is 0.796. The monoisotopic (exact) mass is 899 g/mol. The molecule has 1 rings (SSSR count). The second kappa shape index (κ2) is 39.0. The van der Waals surface area contributed by atoms with Crippen molar-refractivity contribution in [1.82, 2.24) is 0 Å². The lowest BCUT2D eigenvalue weighted by atomic mass is 10.00. The van der Waals surface area contributed by atoms with Crippen LogP contribution in [0, 0.1) is 0 Å². The van der Waals surface area contributed by atoms with Crippen LogP contribution >= 0.6 is 0 Å². The van der Waals surface area contributed by atoms with Gasteiger partial charge in [0.25, 0.3) is 10.1 Å². The van der Waals surface area contributed by atoms with Gasteiger partial charge in [-0.15, -0.1) is 0 Å². The first kappa shape index (κ1) is 57.6. The minimum absolute atomic E-state index is 0.0891. The van der Waals surface area contributed by atoms with Crippen LogP contribution in [0.4, 0.5) is 0 Å². The largest absolute Gasteiger partial charge is 0.462 e. The zero-order chi connectivity index (χ0) is 45.5. The summed E-state index contributed by atoms with van der Waals surface area (Å²) in [5.74, 6) is -2.05. The van der Waals surface area contributed by atoms with Crippen LogP contribution in [0.15, 0.2) is 48.6 Å². The quantitative estimate of drug-likeness (QED) is 0.0198. The number of allylic oxidation sites excluding steroid dienone is 8. The van der Waals surface area contributed by atoms with E-state index in [0.717, 1.165) is 44.9 Å². The summed E-state index contributed by atoms with van der Waals surface area (Å²) in [5.41, 5.74) is 0. The molecule has 360 valence electrons. The van der Waals surface area contributed by atoms with Gasteiger partial charge >= 0.3 is 11.9 Å². The highest BCUT2D eigenvalue weighted by Gasteiger charge is 2.46. The minimum Gasteiger partial charge on any atom is -0.462 e. The number of aliphatic hydroxyl groups excluding tert-OH is 3. The smallest absolute Gasteiger partial charge is 0.306 e. The molecule has 1 aliphatic rings. The van der Waals surface area contributed by atoms with Gasteiger partial charge in [-0.1, -0.05) is 178 Å². The normalized spacial score (nSPS) is 20.3. The molecule has 0 bridgehead atoms. The van der Waals surface area contributed by atoms with E-state index in [-0.39, 0.29) is 19.4 Å². The highest BCUT2D eigenvalue weighted by molar-refractivity contribution is 7.85. The Labute approximate surface area is 375 Å². The zero-order valence-electron chi connectivity index (χ0n) is 38.5. The van der Waals surface area contributed by atoms with Crippen LogP contribution in [-0.2, 0) is 38.7 Å². The number of ether oxygens (including phenoxy) is 4. The standard InChI is InChI=1S/C49H86O12S/c1-3-5-7-9-11-13-15-17-18-19-20-21-22-23-24-26-28-30-32-34-36-38-45(51)60-42(40-59-49-48(54)47(53)46(52)43(61-49)41-62(55,56)57)39-58-44(50)37-35-33-31-29-27-25-16-14-12-10-8-6-4-2/h18-19,21-22,24,26,30,32,42-43,46-49,52-54H,3-17,20,23,25,27-29,31,33-41H2,1-2H3,(H,55,56,57)/b19-18+,22-21+,26-24+,32-30+/t42-,43-,46-,47?,48?,49+/m1/s1. The Morgan fingerprint density at radius 2 is 0.984 bits per heavy atom. The molecule has 0 aliphatic carbocycles. The van der Waals surface area contributed by atoms with E-state index in [2.05, 4.69) is 50.3 Å². The third-order valence-electron chi connectivity index (χ3n) is 10.9. The van der Waals surface area contributed by atoms with Crippen molar-refractivity contribution in [1.29, 1.82) is 0 Å². The van der Waals surface area contributed by atoms with Crippen LogP contribution in [0.5, 0.6) is 0 Å². The molecule has 13 heteroatoms. The SMILES string of the molecule is CCCCCCCCC/C=C/C/C=C/C/C=C/C/C=C/CCCC(=O)O[C@H](COC(=O)CCCCCCCCCCCCCCC)CO[C@H]1O[C@H](CS(=O)(=O)O)[C@@H](O)C(O)C1O. The van der Waals surface area contributed by atoms with Gasteiger partial charge in [-0.05, 0) is 51.4 Å². The van der Waals surface area contributed by atoms with Gasteiger partial charge < -0.3 is 34.3 Å². The molecule has 0 radical (unpaired) electrons. The topological polar surface area (TPSA) is 186 Å². The van der Waals surface area contributed by atoms with Gasteiger partial charge in [-0.3, -0.25) is 14.1 Å². The van der Waals surface area contributed by atoms with Gasteiger partial charge in [0.2, 0.25) is 0 Å². The molecule has 4 N–H and O–H groups in total. The number of aliphatic hydroxyl groups is 3. The van der Waals surface area contributed by atoms with Crippen LogP contribution in [0.25, 0.3) is 0 Å². The summed E-state index contributed by atoms with van der Waals surface area (Å²) in [5, 5.41) is 30.9. The van der Waals surface area contributed by atoms with Crippen molar-refractivity contribution in [2.75, 3.05) is 19.0 Å². The maximum atomic E-state index is 12.8. The summed E-state index contributed by atoms with van der Waals surface area (Å²) < 4.78 is 54.0. The van der Waals surface area contributed by atoms with Crippen molar-refractivity contribution in [2.45, 2.75) is 230 Å². The number of esters is 2. The second-order valence-electron chi connectivity index (χ2n) is 16.8. The predicted octanol–water partition coefficient (Wildman–Crippen LogP) is 10.3. The zero-order valence-corrected chi connectivity index (χ0v) is 39.3. The summed E-state index contributed by atoms with van der Waals surface area (Å²) in [6.45, 7) is 3.72. The van der Waals surface area contributed by atoms with Crippen LogP contribution in [0.2, 0.25) is 0 Å². The van der Waals surface area contributed by atoms with Crippen LogP contribution in [0.3, 0.4) is 0 Å². The molecule has 0 aromatic rings. The fourth-order valence-corrected chi connectivity index (χ4v) is 7.83. The first-order valence-corrected chi connectivity index (χ1v) is 25.8. The van der Waals surface area contributed by atoms with Gasteiger partial charge in [0.1, 0.15) is 36.8 Å². The number of hydrogen-bond acceptors (Lipinski definition) is 11. The lowest BCUT2D eigenvalue weighted by molar-refractivity contribution is -0.297. The van der Waals surface area contributed by atoms with Crippen LogP contribution in [-0.4, -0.2) is 96.0 Å². The molecule has 12 nitrogen and oxygen atoms in total. The van der Waals surface area contributed by atoms with E-state index in [1.807, 2.05) is 12.2 Å². The highest BCUT2D eigenvalue weighted by atomic mass is 32.2. The van der Waals surface area contributed by atoms with Gasteiger partial charge in [0, 0.05) is 12.8 Å². The molecule has 0 spiro atoms. The maximum Gasteiger partial charge on any atom is 0.306 e. The van der Waals surface area contributed by atoms with Gasteiger partial charge in [-0.2, -0.15) is 8.42 Å².